The Labute approximate surface area is 105 Å². The van der Waals surface area contributed by atoms with E-state index in [4.69, 9.17) is 0 Å². The molecule has 0 spiro atoms. The summed E-state index contributed by atoms with van der Waals surface area (Å²) >= 11 is 0. The van der Waals surface area contributed by atoms with Crippen LogP contribution in [-0.4, -0.2) is 17.5 Å². The van der Waals surface area contributed by atoms with Crippen LogP contribution in [0.25, 0.3) is 6.08 Å². The molecule has 1 rings (SSSR count). The predicted octanol–water partition coefficient (Wildman–Crippen LogP) is 2.73. The maximum atomic E-state index is 11.0. The Morgan fingerprint density at radius 2 is 2.11 bits per heavy atom. The van der Waals surface area contributed by atoms with Crippen molar-refractivity contribution in [1.82, 2.24) is 0 Å². The van der Waals surface area contributed by atoms with Gasteiger partial charge in [-0.05, 0) is 19.1 Å². The Bertz CT molecular complexity index is 492. The smallest absolute Gasteiger partial charge is 0.330 e. The first-order valence-corrected chi connectivity index (χ1v) is 5.40. The molecule has 0 N–H and O–H groups in total. The first kappa shape index (κ1) is 13.6. The number of carbonyl (C=O) groups is 1. The Morgan fingerprint density at radius 3 is 2.78 bits per heavy atom. The normalized spacial score (nSPS) is 10.9. The molecule has 0 aliphatic rings. The highest BCUT2D eigenvalue weighted by atomic mass is 16.6. The van der Waals surface area contributed by atoms with Gasteiger partial charge in [-0.3, -0.25) is 10.1 Å². The van der Waals surface area contributed by atoms with E-state index in [1.807, 2.05) is 0 Å². The second-order valence-electron chi connectivity index (χ2n) is 3.29. The first-order valence-electron chi connectivity index (χ1n) is 5.40. The number of esters is 1. The Hall–Kier alpha value is -2.43. The van der Waals surface area contributed by atoms with Crippen molar-refractivity contribution in [3.63, 3.8) is 0 Å². The number of nitrogens with zero attached hydrogens (tertiary/aromatic N) is 1. The average molecular weight is 247 g/mol. The summed E-state index contributed by atoms with van der Waals surface area (Å²) in [7, 11) is 0. The number of carbonyl (C=O) groups excluding carboxylic acids is 1. The molecule has 0 aliphatic carbocycles. The summed E-state index contributed by atoms with van der Waals surface area (Å²) in [6.07, 6.45) is 5.86. The Kier molecular flexibility index (Phi) is 5.31. The van der Waals surface area contributed by atoms with Crippen molar-refractivity contribution in [2.75, 3.05) is 6.61 Å². The molecular formula is C13H13NO4. The highest BCUT2D eigenvalue weighted by molar-refractivity contribution is 5.82. The van der Waals surface area contributed by atoms with Gasteiger partial charge in [-0.1, -0.05) is 24.3 Å². The molecular weight excluding hydrogens is 234 g/mol. The largest absolute Gasteiger partial charge is 0.463 e. The fourth-order valence-corrected chi connectivity index (χ4v) is 1.28. The van der Waals surface area contributed by atoms with Gasteiger partial charge in [0.15, 0.2) is 0 Å². The number of allylic oxidation sites excluding steroid dienone is 2. The van der Waals surface area contributed by atoms with Crippen LogP contribution in [0, 0.1) is 10.1 Å². The molecule has 94 valence electrons. The van der Waals surface area contributed by atoms with Crippen molar-refractivity contribution in [2.24, 2.45) is 0 Å². The Morgan fingerprint density at radius 1 is 1.39 bits per heavy atom. The summed E-state index contributed by atoms with van der Waals surface area (Å²) in [4.78, 5) is 21.3. The van der Waals surface area contributed by atoms with Gasteiger partial charge in [0.1, 0.15) is 0 Å². The van der Waals surface area contributed by atoms with Gasteiger partial charge >= 0.3 is 5.97 Å². The van der Waals surface area contributed by atoms with Crippen molar-refractivity contribution in [3.05, 3.63) is 58.2 Å². The lowest BCUT2D eigenvalue weighted by Gasteiger charge is -1.95. The zero-order valence-electron chi connectivity index (χ0n) is 9.91. The van der Waals surface area contributed by atoms with Crippen LogP contribution < -0.4 is 0 Å². The van der Waals surface area contributed by atoms with E-state index in [0.29, 0.717) is 12.2 Å². The fraction of sp³-hybridized carbons (Fsp3) is 0.154. The third kappa shape index (κ3) is 4.21. The molecule has 0 aromatic heterocycles. The fourth-order valence-electron chi connectivity index (χ4n) is 1.28. The maximum Gasteiger partial charge on any atom is 0.330 e. The van der Waals surface area contributed by atoms with Gasteiger partial charge in [0.05, 0.1) is 17.1 Å². The van der Waals surface area contributed by atoms with E-state index in [0.717, 1.165) is 0 Å². The summed E-state index contributed by atoms with van der Waals surface area (Å²) in [6.45, 7) is 2.03. The number of benzene rings is 1. The van der Waals surface area contributed by atoms with E-state index >= 15 is 0 Å². The lowest BCUT2D eigenvalue weighted by atomic mass is 10.1. The maximum absolute atomic E-state index is 11.0. The molecule has 0 atom stereocenters. The number of rotatable bonds is 5. The number of nitro groups is 1. The highest BCUT2D eigenvalue weighted by Gasteiger charge is 2.08. The second kappa shape index (κ2) is 7.01. The number of hydrogen-bond acceptors (Lipinski definition) is 4. The summed E-state index contributed by atoms with van der Waals surface area (Å²) in [5, 5.41) is 10.7. The van der Waals surface area contributed by atoms with Crippen molar-refractivity contribution in [1.29, 1.82) is 0 Å². The number of nitro benzene ring substituents is 1. The summed E-state index contributed by atoms with van der Waals surface area (Å²) < 4.78 is 4.69. The average Bonchev–Trinajstić information content (AvgIpc) is 2.35. The molecule has 0 fully saturated rings. The minimum atomic E-state index is -0.450. The molecule has 0 aliphatic heterocycles. The monoisotopic (exact) mass is 247 g/mol. The van der Waals surface area contributed by atoms with Gasteiger partial charge in [-0.2, -0.15) is 0 Å². The minimum absolute atomic E-state index is 0.0262. The first-order chi connectivity index (χ1) is 8.65. The molecule has 0 saturated heterocycles. The van der Waals surface area contributed by atoms with Crippen LogP contribution in [0.15, 0.2) is 42.5 Å². The van der Waals surface area contributed by atoms with Crippen LogP contribution in [0.3, 0.4) is 0 Å². The molecule has 0 amide bonds. The summed E-state index contributed by atoms with van der Waals surface area (Å²) in [5.74, 6) is -0.440. The molecule has 0 bridgehead atoms. The number of para-hydroxylation sites is 1. The predicted molar refractivity (Wildman–Crippen MR) is 67.9 cm³/mol. The standard InChI is InChI=1S/C13H13NO4/c1-2-18-13(15)10-6-4-8-11-7-3-5-9-12(11)14(16)17/h3-10H,2H2,1H3. The second-order valence-corrected chi connectivity index (χ2v) is 3.29. The molecule has 0 saturated carbocycles. The van der Waals surface area contributed by atoms with E-state index in [1.54, 1.807) is 37.3 Å². The molecule has 18 heavy (non-hydrogen) atoms. The topological polar surface area (TPSA) is 69.4 Å². The van der Waals surface area contributed by atoms with Gasteiger partial charge < -0.3 is 4.74 Å². The van der Waals surface area contributed by atoms with Gasteiger partial charge in [-0.15, -0.1) is 0 Å². The van der Waals surface area contributed by atoms with E-state index in [1.165, 1.54) is 18.2 Å². The third-order valence-electron chi connectivity index (χ3n) is 2.04. The number of ether oxygens (including phenoxy) is 1. The van der Waals surface area contributed by atoms with E-state index < -0.39 is 10.9 Å². The Balaban J connectivity index is 2.73. The van der Waals surface area contributed by atoms with Crippen LogP contribution >= 0.6 is 0 Å². The summed E-state index contributed by atoms with van der Waals surface area (Å²) in [5.41, 5.74) is 0.509. The lowest BCUT2D eigenvalue weighted by molar-refractivity contribution is -0.385. The van der Waals surface area contributed by atoms with Gasteiger partial charge in [-0.25, -0.2) is 4.79 Å². The van der Waals surface area contributed by atoms with Crippen molar-refractivity contribution in [3.8, 4) is 0 Å². The van der Waals surface area contributed by atoms with E-state index in [2.05, 4.69) is 4.74 Å². The van der Waals surface area contributed by atoms with Gasteiger partial charge in [0.2, 0.25) is 0 Å². The van der Waals surface area contributed by atoms with Crippen molar-refractivity contribution >= 4 is 17.7 Å². The molecule has 0 heterocycles. The molecule has 5 nitrogen and oxygen atoms in total. The molecule has 5 heteroatoms. The minimum Gasteiger partial charge on any atom is -0.463 e. The zero-order valence-corrected chi connectivity index (χ0v) is 9.91. The molecule has 1 aromatic rings. The SMILES string of the molecule is CCOC(=O)C=CC=Cc1ccccc1[N+](=O)[O-]. The zero-order chi connectivity index (χ0) is 13.4. The van der Waals surface area contributed by atoms with Crippen molar-refractivity contribution < 1.29 is 14.5 Å². The van der Waals surface area contributed by atoms with Crippen LogP contribution in [0.4, 0.5) is 5.69 Å². The molecule has 0 radical (unpaired) electrons. The van der Waals surface area contributed by atoms with Crippen LogP contribution in [0.1, 0.15) is 12.5 Å². The van der Waals surface area contributed by atoms with Gasteiger partial charge in [0, 0.05) is 12.1 Å². The van der Waals surface area contributed by atoms with E-state index in [-0.39, 0.29) is 5.69 Å². The molecule has 0 unspecified atom stereocenters. The highest BCUT2D eigenvalue weighted by Crippen LogP contribution is 2.18. The third-order valence-corrected chi connectivity index (χ3v) is 2.04. The summed E-state index contributed by atoms with van der Waals surface area (Å²) in [6, 6.07) is 6.37. The molecule has 1 aromatic carbocycles. The number of hydrogen-bond donors (Lipinski definition) is 0. The van der Waals surface area contributed by atoms with E-state index in [9.17, 15) is 14.9 Å². The quantitative estimate of drug-likeness (QED) is 0.264. The van der Waals surface area contributed by atoms with Crippen LogP contribution in [0.2, 0.25) is 0 Å². The van der Waals surface area contributed by atoms with Crippen LogP contribution in [0.5, 0.6) is 0 Å². The van der Waals surface area contributed by atoms with Crippen LogP contribution in [-0.2, 0) is 9.53 Å². The lowest BCUT2D eigenvalue weighted by Crippen LogP contribution is -1.98. The van der Waals surface area contributed by atoms with Crippen molar-refractivity contribution in [2.45, 2.75) is 6.92 Å². The van der Waals surface area contributed by atoms with Gasteiger partial charge in [0.25, 0.3) is 5.69 Å².